The van der Waals surface area contributed by atoms with Gasteiger partial charge in [0.1, 0.15) is 17.4 Å². The van der Waals surface area contributed by atoms with Gasteiger partial charge in [0.05, 0.1) is 17.8 Å². The fourth-order valence-corrected chi connectivity index (χ4v) is 6.60. The third-order valence-corrected chi connectivity index (χ3v) is 8.51. The van der Waals surface area contributed by atoms with Gasteiger partial charge in [-0.15, -0.1) is 0 Å². The topological polar surface area (TPSA) is 197 Å². The Labute approximate surface area is 215 Å². The zero-order valence-corrected chi connectivity index (χ0v) is 20.1. The summed E-state index contributed by atoms with van der Waals surface area (Å²) in [5.74, 6) is -8.69. The van der Waals surface area contributed by atoms with Crippen molar-refractivity contribution in [3.05, 3.63) is 52.8 Å². The van der Waals surface area contributed by atoms with Crippen LogP contribution in [0.5, 0.6) is 17.2 Å². The number of primary amides is 1. The maximum absolute atomic E-state index is 13.9. The number of aromatic hydroxyl groups is 1. The van der Waals surface area contributed by atoms with Crippen molar-refractivity contribution in [3.63, 3.8) is 0 Å². The number of Topliss-reactive ketones (excluding diaryl/α,β-unsaturated/α-hetero) is 2. The standard InChI is InChI=1S/C27H25NO10/c1-9-11-3-4-12(10-2-5-15-16(6-10)38-8-37-15)21(30)18(11)23(32)20-17(9)22(31)13-7-14(29)19(26(28)35)24(33)27(13,36)25(20)34/h2-6,9,13-14,17,19,22,29-31,34,36H,7-8H2,1H3,(H2,28,35)/t9-,13+,14?,17+,19?,22+,27+/m0/s1. The zero-order valence-electron chi connectivity index (χ0n) is 20.1. The lowest BCUT2D eigenvalue weighted by atomic mass is 9.54. The molecule has 0 aromatic heterocycles. The number of aliphatic hydroxyl groups excluding tert-OH is 3. The quantitative estimate of drug-likeness (QED) is 0.304. The van der Waals surface area contributed by atoms with Crippen molar-refractivity contribution in [1.82, 2.24) is 0 Å². The smallest absolute Gasteiger partial charge is 0.231 e. The van der Waals surface area contributed by atoms with Crippen LogP contribution in [-0.4, -0.2) is 67.6 Å². The Morgan fingerprint density at radius 1 is 1.08 bits per heavy atom. The number of carbonyl (C=O) groups is 3. The van der Waals surface area contributed by atoms with E-state index in [-0.39, 0.29) is 18.1 Å². The summed E-state index contributed by atoms with van der Waals surface area (Å²) in [6.07, 6.45) is -3.53. The molecule has 1 aliphatic heterocycles. The molecule has 11 nitrogen and oxygen atoms in total. The first kappa shape index (κ1) is 24.4. The summed E-state index contributed by atoms with van der Waals surface area (Å²) in [6.45, 7) is 1.74. The third-order valence-electron chi connectivity index (χ3n) is 8.51. The van der Waals surface area contributed by atoms with E-state index in [4.69, 9.17) is 15.2 Å². The molecule has 2 aromatic carbocycles. The number of phenolic OH excluding ortho intramolecular Hbond substituents is 1. The fraction of sp³-hybridized carbons (Fsp3) is 0.370. The van der Waals surface area contributed by atoms with Crippen molar-refractivity contribution in [2.24, 2.45) is 23.5 Å². The lowest BCUT2D eigenvalue weighted by molar-refractivity contribution is -0.179. The Morgan fingerprint density at radius 2 is 1.79 bits per heavy atom. The second-order valence-corrected chi connectivity index (χ2v) is 10.3. The minimum atomic E-state index is -2.82. The molecule has 38 heavy (non-hydrogen) atoms. The van der Waals surface area contributed by atoms with E-state index in [1.807, 2.05) is 0 Å². The average Bonchev–Trinajstić information content (AvgIpc) is 3.34. The van der Waals surface area contributed by atoms with Gasteiger partial charge in [-0.25, -0.2) is 0 Å². The maximum atomic E-state index is 13.9. The van der Waals surface area contributed by atoms with Gasteiger partial charge in [0.25, 0.3) is 0 Å². The molecule has 0 saturated heterocycles. The van der Waals surface area contributed by atoms with Gasteiger partial charge in [-0.2, -0.15) is 0 Å². The van der Waals surface area contributed by atoms with Crippen molar-refractivity contribution in [2.45, 2.75) is 37.1 Å². The van der Waals surface area contributed by atoms with Crippen LogP contribution in [0, 0.1) is 17.8 Å². The number of rotatable bonds is 2. The second-order valence-electron chi connectivity index (χ2n) is 10.3. The Bertz CT molecular complexity index is 1460. The van der Waals surface area contributed by atoms with Gasteiger partial charge in [-0.3, -0.25) is 14.4 Å². The zero-order chi connectivity index (χ0) is 27.3. The van der Waals surface area contributed by atoms with Gasteiger partial charge in [0, 0.05) is 23.0 Å². The van der Waals surface area contributed by atoms with Crippen molar-refractivity contribution in [1.29, 1.82) is 0 Å². The van der Waals surface area contributed by atoms with Crippen LogP contribution in [0.25, 0.3) is 11.1 Å². The van der Waals surface area contributed by atoms with Crippen LogP contribution in [0.3, 0.4) is 0 Å². The van der Waals surface area contributed by atoms with Crippen molar-refractivity contribution >= 4 is 17.5 Å². The first-order valence-corrected chi connectivity index (χ1v) is 12.1. The van der Waals surface area contributed by atoms with Crippen molar-refractivity contribution in [3.8, 4) is 28.4 Å². The molecular formula is C27H25NO10. The lowest BCUT2D eigenvalue weighted by Gasteiger charge is -2.52. The molecule has 1 saturated carbocycles. The molecule has 1 fully saturated rings. The van der Waals surface area contributed by atoms with E-state index in [9.17, 15) is 39.9 Å². The Morgan fingerprint density at radius 3 is 2.50 bits per heavy atom. The number of hydrogen-bond donors (Lipinski definition) is 6. The van der Waals surface area contributed by atoms with E-state index in [2.05, 4.69) is 0 Å². The van der Waals surface area contributed by atoms with Gasteiger partial charge < -0.3 is 40.7 Å². The maximum Gasteiger partial charge on any atom is 0.231 e. The van der Waals surface area contributed by atoms with Crippen LogP contribution in [0.15, 0.2) is 41.7 Å². The molecule has 1 heterocycles. The summed E-state index contributed by atoms with van der Waals surface area (Å²) >= 11 is 0. The highest BCUT2D eigenvalue weighted by Gasteiger charge is 2.66. The van der Waals surface area contributed by atoms with Crippen LogP contribution < -0.4 is 15.2 Å². The summed E-state index contributed by atoms with van der Waals surface area (Å²) in [4.78, 5) is 38.9. The molecule has 2 aromatic rings. The molecule has 0 radical (unpaired) electrons. The van der Waals surface area contributed by atoms with Crippen LogP contribution in [0.4, 0.5) is 0 Å². The van der Waals surface area contributed by atoms with Crippen LogP contribution in [0.1, 0.15) is 35.2 Å². The number of ether oxygens (including phenoxy) is 2. The summed E-state index contributed by atoms with van der Waals surface area (Å²) in [5.41, 5.74) is 3.10. The highest BCUT2D eigenvalue weighted by Crippen LogP contribution is 2.56. The minimum Gasteiger partial charge on any atom is -0.508 e. The SMILES string of the molecule is C[C@H]1c2ccc(-c3ccc4c(c3)OCO4)c(O)c2C(=O)C2=C(O)[C@]3(O)C(=O)C(C(N)=O)C(O)C[C@@H]3[C@@H](O)[C@@H]21. The normalized spacial score (nSPS) is 33.5. The third kappa shape index (κ3) is 2.97. The summed E-state index contributed by atoms with van der Waals surface area (Å²) in [5, 5.41) is 55.7. The van der Waals surface area contributed by atoms with Gasteiger partial charge in [0.2, 0.25) is 12.7 Å². The van der Waals surface area contributed by atoms with E-state index in [0.717, 1.165) is 0 Å². The van der Waals surface area contributed by atoms with Crippen molar-refractivity contribution in [2.75, 3.05) is 6.79 Å². The molecule has 7 N–H and O–H groups in total. The number of fused-ring (bicyclic) bond motifs is 4. The number of carbonyl (C=O) groups excluding carboxylic acids is 3. The highest BCUT2D eigenvalue weighted by molar-refractivity contribution is 6.16. The molecule has 1 amide bonds. The first-order valence-electron chi connectivity index (χ1n) is 12.1. The van der Waals surface area contributed by atoms with Gasteiger partial charge in [-0.05, 0) is 35.6 Å². The van der Waals surface area contributed by atoms with E-state index in [1.165, 1.54) is 0 Å². The van der Waals surface area contributed by atoms with Gasteiger partial charge >= 0.3 is 0 Å². The van der Waals surface area contributed by atoms with E-state index in [0.29, 0.717) is 28.2 Å². The highest BCUT2D eigenvalue weighted by atomic mass is 16.7. The summed E-state index contributed by atoms with van der Waals surface area (Å²) < 4.78 is 10.7. The molecule has 7 atom stereocenters. The number of aliphatic hydroxyl groups is 4. The Balaban J connectivity index is 1.52. The van der Waals surface area contributed by atoms with E-state index in [1.54, 1.807) is 37.3 Å². The second kappa shape index (κ2) is 8.03. The van der Waals surface area contributed by atoms with Crippen LogP contribution in [-0.2, 0) is 9.59 Å². The predicted molar refractivity (Wildman–Crippen MR) is 128 cm³/mol. The largest absolute Gasteiger partial charge is 0.508 e. The van der Waals surface area contributed by atoms with Crippen LogP contribution >= 0.6 is 0 Å². The Hall–Kier alpha value is -3.93. The lowest BCUT2D eigenvalue weighted by Crippen LogP contribution is -2.67. The fourth-order valence-electron chi connectivity index (χ4n) is 6.60. The van der Waals surface area contributed by atoms with Gasteiger partial charge in [-0.1, -0.05) is 25.1 Å². The average molecular weight is 523 g/mol. The number of hydrogen-bond acceptors (Lipinski definition) is 10. The van der Waals surface area contributed by atoms with Gasteiger partial charge in [0.15, 0.2) is 28.7 Å². The van der Waals surface area contributed by atoms with E-state index >= 15 is 0 Å². The number of phenols is 1. The van der Waals surface area contributed by atoms with Crippen LogP contribution in [0.2, 0.25) is 0 Å². The monoisotopic (exact) mass is 523 g/mol. The predicted octanol–water partition coefficient (Wildman–Crippen LogP) is 0.673. The summed E-state index contributed by atoms with van der Waals surface area (Å²) in [6, 6.07) is 8.26. The number of nitrogens with two attached hydrogens (primary N) is 1. The summed E-state index contributed by atoms with van der Waals surface area (Å²) in [7, 11) is 0. The molecular weight excluding hydrogens is 498 g/mol. The minimum absolute atomic E-state index is 0.0539. The molecule has 2 unspecified atom stereocenters. The number of benzene rings is 2. The molecule has 0 bridgehead atoms. The van der Waals surface area contributed by atoms with Crippen molar-refractivity contribution < 1.29 is 49.4 Å². The molecule has 0 spiro atoms. The molecule has 11 heteroatoms. The molecule has 3 aliphatic carbocycles. The first-order chi connectivity index (χ1) is 18.0. The molecule has 4 aliphatic rings. The molecule has 6 rings (SSSR count). The van der Waals surface area contributed by atoms with E-state index < -0.39 is 76.7 Å². The molecule has 198 valence electrons. The number of ketones is 2. The Kier molecular flexibility index (Phi) is 5.16. The number of amides is 1.